The second-order valence-electron chi connectivity index (χ2n) is 10.7. The Labute approximate surface area is 233 Å². The summed E-state index contributed by atoms with van der Waals surface area (Å²) in [5.41, 5.74) is 0.354. The second kappa shape index (κ2) is 10.0. The zero-order chi connectivity index (χ0) is 29.9. The summed E-state index contributed by atoms with van der Waals surface area (Å²) >= 11 is 0. The number of rotatable bonds is 6. The van der Waals surface area contributed by atoms with Crippen molar-refractivity contribution in [1.29, 1.82) is 0 Å². The molecule has 6 nitrogen and oxygen atoms in total. The second-order valence-corrected chi connectivity index (χ2v) is 10.7. The molecule has 0 amide bonds. The van der Waals surface area contributed by atoms with Gasteiger partial charge in [0.25, 0.3) is 11.5 Å². The van der Waals surface area contributed by atoms with Crippen molar-refractivity contribution in [1.82, 2.24) is 9.55 Å². The number of nitrogens with zero attached hydrogens (tertiary/aromatic N) is 3. The van der Waals surface area contributed by atoms with E-state index in [9.17, 15) is 31.9 Å². The molecule has 216 valence electrons. The molecule has 0 radical (unpaired) electrons. The minimum Gasteiger partial charge on any atom is -0.508 e. The lowest BCUT2D eigenvalue weighted by molar-refractivity contribution is -0.143. The van der Waals surface area contributed by atoms with Crippen molar-refractivity contribution in [2.75, 3.05) is 23.3 Å². The molecule has 0 unspecified atom stereocenters. The maximum absolute atomic E-state index is 14.8. The highest BCUT2D eigenvalue weighted by Gasteiger charge is 2.44. The van der Waals surface area contributed by atoms with Crippen LogP contribution in [0.25, 0.3) is 16.7 Å². The molecule has 1 aliphatic heterocycles. The van der Waals surface area contributed by atoms with Gasteiger partial charge in [0.15, 0.2) is 6.04 Å². The van der Waals surface area contributed by atoms with Crippen molar-refractivity contribution < 1.29 is 27.1 Å². The molecular formula is C30H29F5N4O2. The third-order valence-electron chi connectivity index (χ3n) is 7.53. The van der Waals surface area contributed by atoms with E-state index in [-0.39, 0.29) is 28.1 Å². The number of halogens is 5. The first-order valence-corrected chi connectivity index (χ1v) is 13.0. The Morgan fingerprint density at radius 1 is 1.15 bits per heavy atom. The molecule has 0 saturated carbocycles. The summed E-state index contributed by atoms with van der Waals surface area (Å²) in [4.78, 5) is 19.9. The Bertz CT molecular complexity index is 1680. The molecule has 1 aliphatic carbocycles. The van der Waals surface area contributed by atoms with E-state index in [0.717, 1.165) is 36.1 Å². The van der Waals surface area contributed by atoms with E-state index in [0.29, 0.717) is 25.6 Å². The number of aryl methyl sites for hydroxylation is 1. The van der Waals surface area contributed by atoms with Crippen LogP contribution in [0.1, 0.15) is 48.1 Å². The number of fused-ring (bicyclic) bond motifs is 1. The molecule has 2 aliphatic rings. The van der Waals surface area contributed by atoms with E-state index in [1.54, 1.807) is 17.9 Å². The van der Waals surface area contributed by atoms with Crippen LogP contribution in [0.3, 0.4) is 0 Å². The van der Waals surface area contributed by atoms with Gasteiger partial charge in [-0.1, -0.05) is 30.4 Å². The fourth-order valence-electron chi connectivity index (χ4n) is 5.40. The third-order valence-corrected chi connectivity index (χ3v) is 7.53. The lowest BCUT2D eigenvalue weighted by atomic mass is 9.96. The smallest absolute Gasteiger partial charge is 0.412 e. The van der Waals surface area contributed by atoms with Gasteiger partial charge in [0.05, 0.1) is 10.9 Å². The average Bonchev–Trinajstić information content (AvgIpc) is 3.32. The summed E-state index contributed by atoms with van der Waals surface area (Å²) in [6, 6.07) is 3.45. The van der Waals surface area contributed by atoms with Gasteiger partial charge in [-0.3, -0.25) is 9.36 Å². The molecule has 41 heavy (non-hydrogen) atoms. The fourth-order valence-corrected chi connectivity index (χ4v) is 5.40. The summed E-state index contributed by atoms with van der Waals surface area (Å²) < 4.78 is 74.7. The number of alkyl halides is 5. The van der Waals surface area contributed by atoms with E-state index < -0.39 is 40.6 Å². The maximum atomic E-state index is 14.8. The highest BCUT2D eigenvalue weighted by Crippen LogP contribution is 2.42. The monoisotopic (exact) mass is 572 g/mol. The van der Waals surface area contributed by atoms with Crippen LogP contribution in [-0.2, 0) is 13.0 Å². The van der Waals surface area contributed by atoms with E-state index in [1.165, 1.54) is 23.7 Å². The molecule has 2 aromatic carbocycles. The topological polar surface area (TPSA) is 70.4 Å². The van der Waals surface area contributed by atoms with Crippen LogP contribution in [0.4, 0.5) is 33.6 Å². The van der Waals surface area contributed by atoms with Crippen molar-refractivity contribution >= 4 is 28.3 Å². The molecule has 0 saturated heterocycles. The number of nitrogens with one attached hydrogen (secondary N) is 1. The number of aliphatic hydroxyl groups excluding tert-OH is 1. The van der Waals surface area contributed by atoms with Crippen LogP contribution in [0.5, 0.6) is 0 Å². The Hall–Kier alpha value is -4.15. The molecule has 1 atom stereocenters. The van der Waals surface area contributed by atoms with E-state index >= 15 is 0 Å². The lowest BCUT2D eigenvalue weighted by Gasteiger charge is -2.27. The first-order valence-electron chi connectivity index (χ1n) is 13.0. The SMILES string of the molecule is C=C(O)c1cc(C)ccc1N[C@@H](c1cc(C(C)(F)F)cc2c(=O)n(C)c(N3CC4=C(CCC=C4)C3)nc12)C(F)(F)F. The molecule has 0 fully saturated rings. The summed E-state index contributed by atoms with van der Waals surface area (Å²) in [6.07, 6.45) is 0.736. The predicted octanol–water partition coefficient (Wildman–Crippen LogP) is 7.06. The van der Waals surface area contributed by atoms with Gasteiger partial charge in [-0.05, 0) is 55.2 Å². The highest BCUT2D eigenvalue weighted by molar-refractivity contribution is 5.85. The normalized spacial score (nSPS) is 16.3. The number of anilines is 2. The number of aromatic nitrogens is 2. The zero-order valence-corrected chi connectivity index (χ0v) is 22.7. The maximum Gasteiger partial charge on any atom is 0.412 e. The van der Waals surface area contributed by atoms with Crippen LogP contribution in [-0.4, -0.2) is 33.9 Å². The van der Waals surface area contributed by atoms with Gasteiger partial charge in [0, 0.05) is 49.4 Å². The molecule has 1 aromatic heterocycles. The minimum atomic E-state index is -5.00. The summed E-state index contributed by atoms with van der Waals surface area (Å²) in [5, 5.41) is 12.1. The minimum absolute atomic E-state index is 0.0203. The van der Waals surface area contributed by atoms with Crippen LogP contribution in [0, 0.1) is 6.92 Å². The van der Waals surface area contributed by atoms with Gasteiger partial charge in [-0.2, -0.15) is 13.2 Å². The molecular weight excluding hydrogens is 543 g/mol. The van der Waals surface area contributed by atoms with Crippen LogP contribution in [0.2, 0.25) is 0 Å². The van der Waals surface area contributed by atoms with Crippen LogP contribution < -0.4 is 15.8 Å². The van der Waals surface area contributed by atoms with Crippen molar-refractivity contribution in [3.63, 3.8) is 0 Å². The van der Waals surface area contributed by atoms with Gasteiger partial charge in [0.1, 0.15) is 5.76 Å². The molecule has 2 heterocycles. The van der Waals surface area contributed by atoms with Crippen LogP contribution >= 0.6 is 0 Å². The highest BCUT2D eigenvalue weighted by atomic mass is 19.4. The number of hydrogen-bond acceptors (Lipinski definition) is 5. The molecule has 3 aromatic rings. The summed E-state index contributed by atoms with van der Waals surface area (Å²) in [5.74, 6) is -3.87. The molecule has 2 N–H and O–H groups in total. The van der Waals surface area contributed by atoms with Crippen LogP contribution in [0.15, 0.2) is 65.0 Å². The lowest BCUT2D eigenvalue weighted by Crippen LogP contribution is -2.33. The van der Waals surface area contributed by atoms with Crippen molar-refractivity contribution in [2.45, 2.75) is 44.8 Å². The van der Waals surface area contributed by atoms with Crippen molar-refractivity contribution in [2.24, 2.45) is 7.05 Å². The van der Waals surface area contributed by atoms with Gasteiger partial charge in [-0.25, -0.2) is 13.8 Å². The Kier molecular flexibility index (Phi) is 6.95. The molecule has 0 bridgehead atoms. The fraction of sp³-hybridized carbons (Fsp3) is 0.333. The van der Waals surface area contributed by atoms with E-state index in [2.05, 4.69) is 16.9 Å². The summed E-state index contributed by atoms with van der Waals surface area (Å²) in [6.45, 7) is 6.57. The van der Waals surface area contributed by atoms with E-state index in [1.807, 2.05) is 12.2 Å². The quantitative estimate of drug-likeness (QED) is 0.244. The molecule has 11 heteroatoms. The Morgan fingerprint density at radius 2 is 1.88 bits per heavy atom. The van der Waals surface area contributed by atoms with Crippen molar-refractivity contribution in [3.05, 3.63) is 92.8 Å². The van der Waals surface area contributed by atoms with Gasteiger partial charge in [-0.15, -0.1) is 0 Å². The summed E-state index contributed by atoms with van der Waals surface area (Å²) in [7, 11) is 1.43. The number of hydrogen-bond donors (Lipinski definition) is 2. The molecule has 0 spiro atoms. The third kappa shape index (κ3) is 5.32. The first-order chi connectivity index (χ1) is 19.1. The number of allylic oxidation sites excluding steroid dienone is 1. The Balaban J connectivity index is 1.74. The zero-order valence-electron chi connectivity index (χ0n) is 22.7. The Morgan fingerprint density at radius 3 is 2.51 bits per heavy atom. The standard InChI is InChI=1S/C30H29F5N4O2/c1-16-9-10-24(21(11-16)17(2)40)36-26(30(33,34)35)22-12-20(29(3,31)32)13-23-25(22)37-28(38(4)27(23)41)39-14-18-7-5-6-8-19(18)15-39/h5,7,9-13,26,36,40H,2,6,8,14-15H2,1,3-4H3/t26-/m0/s1. The van der Waals surface area contributed by atoms with Gasteiger partial charge >= 0.3 is 6.18 Å². The van der Waals surface area contributed by atoms with Crippen molar-refractivity contribution in [3.8, 4) is 0 Å². The molecule has 5 rings (SSSR count). The average molecular weight is 573 g/mol. The first kappa shape index (κ1) is 28.4. The van der Waals surface area contributed by atoms with E-state index in [4.69, 9.17) is 0 Å². The predicted molar refractivity (Wildman–Crippen MR) is 149 cm³/mol. The number of benzene rings is 2. The number of aliphatic hydroxyl groups is 1. The van der Waals surface area contributed by atoms with Gasteiger partial charge in [0.2, 0.25) is 5.95 Å². The van der Waals surface area contributed by atoms with Gasteiger partial charge < -0.3 is 15.3 Å². The largest absolute Gasteiger partial charge is 0.508 e.